The Hall–Kier alpha value is -0.340. The SMILES string of the molecule is CCC(C)(CC1=CC(C)C1)[C@H](O)OC1(C)C2CC3CC(C2)CC1C3. The summed E-state index contributed by atoms with van der Waals surface area (Å²) in [7, 11) is 0. The van der Waals surface area contributed by atoms with E-state index in [0.717, 1.165) is 30.6 Å². The molecule has 0 radical (unpaired) electrons. The lowest BCUT2D eigenvalue weighted by atomic mass is 9.50. The second-order valence-corrected chi connectivity index (χ2v) is 10.1. The van der Waals surface area contributed by atoms with Gasteiger partial charge in [-0.3, -0.25) is 0 Å². The minimum atomic E-state index is -0.637. The second kappa shape index (κ2) is 5.84. The molecule has 5 aliphatic rings. The molecule has 2 unspecified atom stereocenters. The number of aliphatic hydroxyl groups excluding tert-OH is 1. The van der Waals surface area contributed by atoms with E-state index < -0.39 is 6.29 Å². The molecule has 0 aromatic rings. The van der Waals surface area contributed by atoms with Crippen LogP contribution in [0.15, 0.2) is 11.6 Å². The molecule has 4 saturated carbocycles. The Bertz CT molecular complexity index is 494. The zero-order chi connectivity index (χ0) is 17.1. The maximum atomic E-state index is 11.1. The Morgan fingerprint density at radius 3 is 2.21 bits per heavy atom. The van der Waals surface area contributed by atoms with Gasteiger partial charge in [-0.15, -0.1) is 0 Å². The van der Waals surface area contributed by atoms with E-state index in [-0.39, 0.29) is 11.0 Å². The number of aliphatic hydroxyl groups is 1. The van der Waals surface area contributed by atoms with Crippen LogP contribution < -0.4 is 0 Å². The summed E-state index contributed by atoms with van der Waals surface area (Å²) >= 11 is 0. The van der Waals surface area contributed by atoms with E-state index in [0.29, 0.717) is 11.8 Å². The van der Waals surface area contributed by atoms with Crippen molar-refractivity contribution >= 4 is 0 Å². The molecule has 0 heterocycles. The van der Waals surface area contributed by atoms with E-state index in [1.165, 1.54) is 44.1 Å². The molecule has 5 aliphatic carbocycles. The minimum Gasteiger partial charge on any atom is -0.367 e. The van der Waals surface area contributed by atoms with Crippen LogP contribution in [0, 0.1) is 35.0 Å². The average Bonchev–Trinajstić information content (AvgIpc) is 2.50. The molecule has 0 saturated heterocycles. The summed E-state index contributed by atoms with van der Waals surface area (Å²) in [6.45, 7) is 9.02. The van der Waals surface area contributed by atoms with Crippen LogP contribution in [0.25, 0.3) is 0 Å². The quantitative estimate of drug-likeness (QED) is 0.527. The first-order chi connectivity index (χ1) is 11.3. The Balaban J connectivity index is 1.48. The monoisotopic (exact) mass is 332 g/mol. The highest BCUT2D eigenvalue weighted by atomic mass is 16.6. The Morgan fingerprint density at radius 1 is 1.21 bits per heavy atom. The lowest BCUT2D eigenvalue weighted by Crippen LogP contribution is -2.59. The predicted molar refractivity (Wildman–Crippen MR) is 97.4 cm³/mol. The van der Waals surface area contributed by atoms with Crippen LogP contribution in [0.2, 0.25) is 0 Å². The van der Waals surface area contributed by atoms with Crippen molar-refractivity contribution in [3.05, 3.63) is 11.6 Å². The molecular weight excluding hydrogens is 296 g/mol. The van der Waals surface area contributed by atoms with E-state index in [9.17, 15) is 5.11 Å². The molecule has 0 aromatic carbocycles. The van der Waals surface area contributed by atoms with Crippen molar-refractivity contribution in [1.29, 1.82) is 0 Å². The summed E-state index contributed by atoms with van der Waals surface area (Å²) in [5.74, 6) is 3.96. The van der Waals surface area contributed by atoms with Gasteiger partial charge in [-0.1, -0.05) is 32.4 Å². The normalized spacial score (nSPS) is 47.0. The standard InChI is InChI=1S/C22H36O2/c1-5-21(3,13-17-6-14(2)7-17)20(23)24-22(4)18-9-15-8-16(11-18)12-19(22)10-15/h6,14-16,18-20,23H,5,7-13H2,1-4H3/t14?,15?,16?,18?,19?,20-,21?,22?/m1/s1. The Morgan fingerprint density at radius 2 is 1.75 bits per heavy atom. The summed E-state index contributed by atoms with van der Waals surface area (Å²) in [5, 5.41) is 11.1. The Labute approximate surface area is 148 Å². The average molecular weight is 333 g/mol. The topological polar surface area (TPSA) is 29.5 Å². The minimum absolute atomic E-state index is 0.0927. The van der Waals surface area contributed by atoms with Gasteiger partial charge in [0.05, 0.1) is 5.60 Å². The van der Waals surface area contributed by atoms with Crippen molar-refractivity contribution in [3.63, 3.8) is 0 Å². The summed E-state index contributed by atoms with van der Waals surface area (Å²) < 4.78 is 6.60. The molecule has 0 aromatic heterocycles. The molecule has 2 nitrogen and oxygen atoms in total. The third-order valence-electron chi connectivity index (χ3n) is 8.26. The van der Waals surface area contributed by atoms with Crippen molar-refractivity contribution in [3.8, 4) is 0 Å². The molecular formula is C22H36O2. The molecule has 0 aliphatic heterocycles. The van der Waals surface area contributed by atoms with Gasteiger partial charge in [0.15, 0.2) is 6.29 Å². The van der Waals surface area contributed by atoms with E-state index in [1.54, 1.807) is 0 Å². The van der Waals surface area contributed by atoms with Crippen molar-refractivity contribution in [2.75, 3.05) is 0 Å². The van der Waals surface area contributed by atoms with Crippen molar-refractivity contribution < 1.29 is 9.84 Å². The van der Waals surface area contributed by atoms with E-state index in [4.69, 9.17) is 4.74 Å². The molecule has 0 amide bonds. The van der Waals surface area contributed by atoms with Gasteiger partial charge < -0.3 is 9.84 Å². The molecule has 5 rings (SSSR count). The molecule has 1 N–H and O–H groups in total. The van der Waals surface area contributed by atoms with Crippen LogP contribution in [0.5, 0.6) is 0 Å². The molecule has 136 valence electrons. The highest BCUT2D eigenvalue weighted by Crippen LogP contribution is 2.60. The van der Waals surface area contributed by atoms with Crippen LogP contribution in [0.1, 0.15) is 79.1 Å². The number of hydrogen-bond donors (Lipinski definition) is 1. The van der Waals surface area contributed by atoms with Gasteiger partial charge in [0, 0.05) is 5.41 Å². The molecule has 4 bridgehead atoms. The van der Waals surface area contributed by atoms with Crippen LogP contribution in [0.3, 0.4) is 0 Å². The fourth-order valence-electron chi connectivity index (χ4n) is 6.51. The van der Waals surface area contributed by atoms with E-state index >= 15 is 0 Å². The molecule has 2 heteroatoms. The number of rotatable bonds is 6. The largest absolute Gasteiger partial charge is 0.367 e. The fourth-order valence-corrected chi connectivity index (χ4v) is 6.51. The van der Waals surface area contributed by atoms with Gasteiger partial charge in [0.1, 0.15) is 0 Å². The molecule has 3 atom stereocenters. The zero-order valence-corrected chi connectivity index (χ0v) is 16.1. The lowest BCUT2D eigenvalue weighted by molar-refractivity contribution is -0.290. The third kappa shape index (κ3) is 2.69. The van der Waals surface area contributed by atoms with Crippen molar-refractivity contribution in [2.45, 2.75) is 91.0 Å². The molecule has 0 spiro atoms. The van der Waals surface area contributed by atoms with Gasteiger partial charge in [0.25, 0.3) is 0 Å². The second-order valence-electron chi connectivity index (χ2n) is 10.1. The summed E-state index contributed by atoms with van der Waals surface area (Å²) in [6, 6.07) is 0. The van der Waals surface area contributed by atoms with Gasteiger partial charge >= 0.3 is 0 Å². The first kappa shape index (κ1) is 17.1. The fraction of sp³-hybridized carbons (Fsp3) is 0.909. The van der Waals surface area contributed by atoms with Gasteiger partial charge in [-0.05, 0) is 87.9 Å². The highest BCUT2D eigenvalue weighted by molar-refractivity contribution is 5.18. The summed E-state index contributed by atoms with van der Waals surface area (Å²) in [6.07, 6.45) is 11.7. The van der Waals surface area contributed by atoms with Crippen LogP contribution >= 0.6 is 0 Å². The zero-order valence-electron chi connectivity index (χ0n) is 16.1. The summed E-state index contributed by atoms with van der Waals surface area (Å²) in [5.41, 5.74) is 1.28. The lowest BCUT2D eigenvalue weighted by Gasteiger charge is -2.60. The number of hydrogen-bond acceptors (Lipinski definition) is 2. The highest BCUT2D eigenvalue weighted by Gasteiger charge is 2.57. The smallest absolute Gasteiger partial charge is 0.160 e. The first-order valence-electron chi connectivity index (χ1n) is 10.4. The van der Waals surface area contributed by atoms with Gasteiger partial charge in [-0.2, -0.15) is 0 Å². The summed E-state index contributed by atoms with van der Waals surface area (Å²) in [4.78, 5) is 0. The van der Waals surface area contributed by atoms with Crippen molar-refractivity contribution in [1.82, 2.24) is 0 Å². The van der Waals surface area contributed by atoms with Crippen LogP contribution in [0.4, 0.5) is 0 Å². The van der Waals surface area contributed by atoms with Crippen LogP contribution in [-0.4, -0.2) is 17.0 Å². The van der Waals surface area contributed by atoms with E-state index in [1.807, 2.05) is 0 Å². The predicted octanol–water partition coefficient (Wildman–Crippen LogP) is 5.31. The maximum absolute atomic E-state index is 11.1. The van der Waals surface area contributed by atoms with E-state index in [2.05, 4.69) is 33.8 Å². The third-order valence-corrected chi connectivity index (χ3v) is 8.26. The molecule has 4 fully saturated rings. The molecule has 24 heavy (non-hydrogen) atoms. The van der Waals surface area contributed by atoms with Crippen LogP contribution in [-0.2, 0) is 4.74 Å². The number of ether oxygens (including phenoxy) is 1. The van der Waals surface area contributed by atoms with Crippen molar-refractivity contribution in [2.24, 2.45) is 35.0 Å². The number of allylic oxidation sites excluding steroid dienone is 2. The maximum Gasteiger partial charge on any atom is 0.160 e. The first-order valence-corrected chi connectivity index (χ1v) is 10.4. The Kier molecular flexibility index (Phi) is 4.16. The van der Waals surface area contributed by atoms with Gasteiger partial charge in [0.2, 0.25) is 0 Å². The van der Waals surface area contributed by atoms with Gasteiger partial charge in [-0.25, -0.2) is 0 Å².